The number of nitrogens with one attached hydrogen (secondary N) is 4. The van der Waals surface area contributed by atoms with Crippen LogP contribution in [-0.2, 0) is 19.1 Å². The van der Waals surface area contributed by atoms with Gasteiger partial charge in [0.2, 0.25) is 11.8 Å². The lowest BCUT2D eigenvalue weighted by molar-refractivity contribution is -0.137. The maximum atomic E-state index is 15.0. The smallest absolute Gasteiger partial charge is 0.407 e. The molecule has 2 aliphatic rings. The van der Waals surface area contributed by atoms with E-state index in [4.69, 9.17) is 19.7 Å². The van der Waals surface area contributed by atoms with Gasteiger partial charge in [0, 0.05) is 35.3 Å². The maximum absolute atomic E-state index is 15.0. The zero-order valence-corrected chi connectivity index (χ0v) is 35.9. The molecule has 0 bridgehead atoms. The van der Waals surface area contributed by atoms with E-state index in [1.165, 1.54) is 14.2 Å². The molecular weight excluding hydrogens is 793 g/mol. The number of carbonyl (C=O) groups is 4. The number of amides is 4. The van der Waals surface area contributed by atoms with E-state index in [-0.39, 0.29) is 29.6 Å². The van der Waals surface area contributed by atoms with Gasteiger partial charge in [-0.05, 0) is 47.5 Å². The first-order valence-electron chi connectivity index (χ1n) is 20.0. The summed E-state index contributed by atoms with van der Waals surface area (Å²) in [6.45, 7) is 10.9. The minimum absolute atomic E-state index is 0.144. The highest BCUT2D eigenvalue weighted by Crippen LogP contribution is 2.42. The number of imidazole rings is 2. The van der Waals surface area contributed by atoms with Crippen molar-refractivity contribution < 1.29 is 37.4 Å². The number of benzene rings is 2. The molecule has 2 aromatic carbocycles. The Bertz CT molecular complexity index is 2440. The molecule has 7 rings (SSSR count). The molecule has 2 saturated heterocycles. The van der Waals surface area contributed by atoms with Crippen molar-refractivity contribution in [3.8, 4) is 22.5 Å². The van der Waals surface area contributed by atoms with E-state index in [1.807, 2.05) is 61.2 Å². The molecule has 1 unspecified atom stereocenters. The van der Waals surface area contributed by atoms with Gasteiger partial charge in [-0.3, -0.25) is 14.6 Å². The number of halogens is 2. The van der Waals surface area contributed by atoms with Gasteiger partial charge in [0.05, 0.1) is 69.5 Å². The summed E-state index contributed by atoms with van der Waals surface area (Å²) >= 11 is 0. The van der Waals surface area contributed by atoms with Crippen LogP contribution in [0.4, 0.5) is 18.4 Å². The molecule has 3 aromatic heterocycles. The monoisotopic (exact) mass is 843 g/mol. The van der Waals surface area contributed by atoms with Crippen molar-refractivity contribution in [3.05, 3.63) is 66.5 Å². The van der Waals surface area contributed by atoms with Crippen LogP contribution in [-0.4, -0.2) is 112 Å². The molecule has 2 fully saturated rings. The zero-order chi connectivity index (χ0) is 43.3. The van der Waals surface area contributed by atoms with E-state index in [0.29, 0.717) is 23.0 Å². The van der Waals surface area contributed by atoms with Crippen LogP contribution in [0.2, 0.25) is 19.1 Å². The number of methoxy groups -OCH3 is 2. The Kier molecular flexibility index (Phi) is 11.4. The Morgan fingerprint density at radius 3 is 2.08 bits per heavy atom. The van der Waals surface area contributed by atoms with Crippen molar-refractivity contribution in [2.45, 2.75) is 83.3 Å². The first-order valence-corrected chi connectivity index (χ1v) is 23.4. The summed E-state index contributed by atoms with van der Waals surface area (Å²) in [6.07, 6.45) is 2.07. The number of hydrogen-bond acceptors (Lipinski definition) is 9. The van der Waals surface area contributed by atoms with Crippen molar-refractivity contribution >= 4 is 53.9 Å². The molecule has 4 N–H and O–H groups in total. The van der Waals surface area contributed by atoms with E-state index in [0.717, 1.165) is 44.2 Å². The molecule has 5 aromatic rings. The van der Waals surface area contributed by atoms with Gasteiger partial charge < -0.3 is 39.9 Å². The molecule has 0 radical (unpaired) electrons. The van der Waals surface area contributed by atoms with E-state index < -0.39 is 63.2 Å². The van der Waals surface area contributed by atoms with Crippen LogP contribution in [0.3, 0.4) is 0 Å². The normalized spacial score (nSPS) is 19.5. The second-order valence-electron chi connectivity index (χ2n) is 17.2. The highest BCUT2D eigenvalue weighted by atomic mass is 28.3. The summed E-state index contributed by atoms with van der Waals surface area (Å²) in [4.78, 5) is 75.4. The van der Waals surface area contributed by atoms with Crippen LogP contribution in [0.5, 0.6) is 0 Å². The summed E-state index contributed by atoms with van der Waals surface area (Å²) in [5.74, 6) is -3.55. The van der Waals surface area contributed by atoms with Crippen molar-refractivity contribution in [2.75, 3.05) is 26.9 Å². The summed E-state index contributed by atoms with van der Waals surface area (Å²) in [7, 11) is 0.657. The van der Waals surface area contributed by atoms with Crippen LogP contribution in [0.25, 0.3) is 44.3 Å². The largest absolute Gasteiger partial charge is 0.453 e. The van der Waals surface area contributed by atoms with Gasteiger partial charge in [0.25, 0.3) is 5.92 Å². The molecule has 318 valence electrons. The highest BCUT2D eigenvalue weighted by Gasteiger charge is 2.50. The standard InChI is InChI=1S/C42H51F2N9O6Si/c1-22(2)33(50-40(56)58-5)38(54)52-20-42(43,44)16-31(52)37-47-29-14-10-24-15-25(9-12-27(24)35(29)49-37)28-13-11-26(17-45-28)30-18-46-36(48-30)32-19-60(7,8)21-53(32)39(55)34(23(3)4)51-41(57)59-6/h9-15,17-18,22-23,31-34H,16,19-21H2,1-8H3,(H,46,48)(H,47,49)(H,50,56)(H,51,57)/t31?,32-,33-,34-/m0/s1. The first-order chi connectivity index (χ1) is 28.4. The number of hydrogen-bond donors (Lipinski definition) is 4. The van der Waals surface area contributed by atoms with Crippen LogP contribution >= 0.6 is 0 Å². The summed E-state index contributed by atoms with van der Waals surface area (Å²) in [6, 6.07) is 11.2. The number of fused-ring (bicyclic) bond motifs is 3. The van der Waals surface area contributed by atoms with E-state index in [1.54, 1.807) is 26.2 Å². The van der Waals surface area contributed by atoms with Crippen molar-refractivity contribution in [1.82, 2.24) is 45.4 Å². The Hall–Kier alpha value is -5.91. The molecule has 0 saturated carbocycles. The zero-order valence-electron chi connectivity index (χ0n) is 34.9. The Labute approximate surface area is 347 Å². The predicted molar refractivity (Wildman–Crippen MR) is 224 cm³/mol. The molecule has 0 aliphatic carbocycles. The van der Waals surface area contributed by atoms with Gasteiger partial charge in [0.1, 0.15) is 23.7 Å². The lowest BCUT2D eigenvalue weighted by Crippen LogP contribution is -2.52. The topological polar surface area (TPSA) is 188 Å². The quantitative estimate of drug-likeness (QED) is 0.108. The lowest BCUT2D eigenvalue weighted by atomic mass is 10.0. The third kappa shape index (κ3) is 8.42. The average Bonchev–Trinajstić information content (AvgIpc) is 4.01. The Morgan fingerprint density at radius 2 is 1.47 bits per heavy atom. The molecular formula is C42H51F2N9O6Si. The lowest BCUT2D eigenvalue weighted by Gasteiger charge is -2.30. The van der Waals surface area contributed by atoms with Gasteiger partial charge in [-0.2, -0.15) is 0 Å². The number of ether oxygens (including phenoxy) is 2. The van der Waals surface area contributed by atoms with Crippen LogP contribution in [0.1, 0.15) is 57.8 Å². The SMILES string of the molecule is COC(=O)N[C@H](C(=O)N1CC(F)(F)CC1c1nc2c(ccc3cc(-c4ccc(-c5cnc([C@@H]6C[Si](C)(C)CN6C(=O)[C@@H](NC(=O)OC)C(C)C)[nH]5)cn4)ccc32)[nH]1)C(C)C. The van der Waals surface area contributed by atoms with E-state index in [2.05, 4.69) is 38.4 Å². The number of pyridine rings is 1. The number of aromatic amines is 2. The summed E-state index contributed by atoms with van der Waals surface area (Å²) < 4.78 is 39.4. The molecule has 15 nitrogen and oxygen atoms in total. The molecule has 5 heterocycles. The van der Waals surface area contributed by atoms with Gasteiger partial charge in [-0.1, -0.05) is 59.0 Å². The fraction of sp³-hybridized carbons (Fsp3) is 0.452. The van der Waals surface area contributed by atoms with Gasteiger partial charge >= 0.3 is 12.2 Å². The van der Waals surface area contributed by atoms with Gasteiger partial charge in [0.15, 0.2) is 0 Å². The van der Waals surface area contributed by atoms with Gasteiger partial charge in [-0.15, -0.1) is 0 Å². The number of H-pyrrole nitrogens is 2. The third-order valence-corrected chi connectivity index (χ3v) is 14.1. The number of nitrogens with zero attached hydrogens (tertiary/aromatic N) is 5. The number of rotatable bonds is 10. The van der Waals surface area contributed by atoms with E-state index in [9.17, 15) is 28.0 Å². The Balaban J connectivity index is 1.11. The van der Waals surface area contributed by atoms with Crippen molar-refractivity contribution in [2.24, 2.45) is 11.8 Å². The maximum Gasteiger partial charge on any atom is 0.407 e. The molecule has 4 amide bonds. The van der Waals surface area contributed by atoms with Crippen LogP contribution in [0.15, 0.2) is 54.9 Å². The number of alkyl carbamates (subject to hydrolysis) is 2. The first kappa shape index (κ1) is 42.2. The van der Waals surface area contributed by atoms with Gasteiger partial charge in [-0.25, -0.2) is 28.3 Å². The summed E-state index contributed by atoms with van der Waals surface area (Å²) in [5.41, 5.74) is 4.36. The minimum Gasteiger partial charge on any atom is -0.453 e. The fourth-order valence-electron chi connectivity index (χ4n) is 8.31. The Morgan fingerprint density at radius 1 is 0.817 bits per heavy atom. The number of aromatic nitrogens is 5. The minimum atomic E-state index is -3.15. The average molecular weight is 844 g/mol. The summed E-state index contributed by atoms with van der Waals surface area (Å²) in [5, 5.41) is 6.86. The van der Waals surface area contributed by atoms with Crippen LogP contribution in [0, 0.1) is 11.8 Å². The molecule has 2 aliphatic heterocycles. The number of likely N-dealkylation sites (tertiary alicyclic amines) is 1. The number of alkyl halides is 2. The van der Waals surface area contributed by atoms with Crippen molar-refractivity contribution in [3.63, 3.8) is 0 Å². The molecule has 60 heavy (non-hydrogen) atoms. The fourth-order valence-corrected chi connectivity index (χ4v) is 11.2. The molecule has 0 spiro atoms. The molecule has 4 atom stereocenters. The number of carbonyl (C=O) groups excluding carboxylic acids is 4. The predicted octanol–water partition coefficient (Wildman–Crippen LogP) is 6.97. The second kappa shape index (κ2) is 16.3. The van der Waals surface area contributed by atoms with Crippen molar-refractivity contribution in [1.29, 1.82) is 0 Å². The second-order valence-corrected chi connectivity index (χ2v) is 22.3. The molecule has 18 heteroatoms. The van der Waals surface area contributed by atoms with E-state index >= 15 is 0 Å². The van der Waals surface area contributed by atoms with Crippen LogP contribution < -0.4 is 10.6 Å². The highest BCUT2D eigenvalue weighted by molar-refractivity contribution is 6.78. The third-order valence-electron chi connectivity index (χ3n) is 11.4.